The summed E-state index contributed by atoms with van der Waals surface area (Å²) in [7, 11) is 1.56. The summed E-state index contributed by atoms with van der Waals surface area (Å²) >= 11 is 0. The van der Waals surface area contributed by atoms with Gasteiger partial charge < -0.3 is 34.9 Å². The molecule has 3 aliphatic rings. The van der Waals surface area contributed by atoms with Gasteiger partial charge in [-0.1, -0.05) is 20.3 Å². The van der Waals surface area contributed by atoms with Crippen LogP contribution in [0.1, 0.15) is 40.0 Å². The minimum Gasteiger partial charge on any atom is -0.497 e. The zero-order chi connectivity index (χ0) is 29.3. The lowest BCUT2D eigenvalue weighted by molar-refractivity contribution is -0.144. The number of amides is 3. The number of hydrogen-bond donors (Lipinski definition) is 3. The lowest BCUT2D eigenvalue weighted by atomic mass is 9.70. The molecular formula is C31H39N3O7. The number of carbonyl (C=O) groups excluding carboxylic acids is 3. The predicted octanol–water partition coefficient (Wildman–Crippen LogP) is 3.45. The van der Waals surface area contributed by atoms with Crippen LogP contribution in [0.3, 0.4) is 0 Å². The van der Waals surface area contributed by atoms with Crippen LogP contribution in [0, 0.1) is 17.8 Å². The third-order valence-electron chi connectivity index (χ3n) is 8.92. The number of nitrogens with zero attached hydrogens (tertiary/aromatic N) is 1. The van der Waals surface area contributed by atoms with E-state index in [2.05, 4.69) is 10.6 Å². The Morgan fingerprint density at radius 1 is 1.05 bits per heavy atom. The molecule has 2 aromatic carbocycles. The highest BCUT2D eigenvalue weighted by atomic mass is 16.5. The number of rotatable bonds is 11. The Morgan fingerprint density at radius 3 is 2.22 bits per heavy atom. The number of carbonyl (C=O) groups is 3. The number of likely N-dealkylation sites (tertiary alicyclic amines) is 1. The van der Waals surface area contributed by atoms with E-state index < -0.39 is 41.5 Å². The molecule has 0 aliphatic carbocycles. The first-order valence-electron chi connectivity index (χ1n) is 14.4. The fraction of sp³-hybridized carbons (Fsp3) is 0.516. The molecule has 2 unspecified atom stereocenters. The second-order valence-corrected chi connectivity index (χ2v) is 11.1. The highest BCUT2D eigenvalue weighted by Crippen LogP contribution is 2.59. The maximum Gasteiger partial charge on any atom is 0.250 e. The largest absolute Gasteiger partial charge is 0.497 e. The second-order valence-electron chi connectivity index (χ2n) is 11.1. The van der Waals surface area contributed by atoms with Crippen LogP contribution in [-0.4, -0.2) is 71.8 Å². The summed E-state index contributed by atoms with van der Waals surface area (Å²) in [4.78, 5) is 43.5. The number of nitrogens with one attached hydrogen (secondary N) is 2. The molecule has 3 aliphatic heterocycles. The fourth-order valence-electron chi connectivity index (χ4n) is 6.77. The van der Waals surface area contributed by atoms with E-state index in [1.54, 1.807) is 55.6 Å². The SMILES string of the molecule is CCOc1ccc(NC(=O)[C@@H]2[C@H]3C(=O)N([C@@H](CO)[C@@H](C)CC)C(C(=O)Nc4ccc(OC)cc4)C34CC[C@H]2O4)cc1. The van der Waals surface area contributed by atoms with Gasteiger partial charge >= 0.3 is 0 Å². The lowest BCUT2D eigenvalue weighted by Gasteiger charge is -2.38. The number of fused-ring (bicyclic) bond motifs is 1. The third kappa shape index (κ3) is 5.04. The summed E-state index contributed by atoms with van der Waals surface area (Å²) in [6.07, 6.45) is 1.24. The Labute approximate surface area is 240 Å². The van der Waals surface area contributed by atoms with Gasteiger partial charge in [0.2, 0.25) is 17.7 Å². The van der Waals surface area contributed by atoms with Crippen molar-refractivity contribution in [1.82, 2.24) is 4.90 Å². The standard InChI is InChI=1S/C31H39N3O7/c1-5-18(3)23(17-35)34-27(29(37)33-20-7-11-21(39-4)12-8-20)31-16-15-24(41-31)25(26(31)30(34)38)28(36)32-19-9-13-22(14-10-19)40-6-2/h7-14,18,23-27,35H,5-6,15-17H2,1-4H3,(H,32,36)(H,33,37)/t18-,23-,24+,25-,26-,27?,31?/m0/s1. The summed E-state index contributed by atoms with van der Waals surface area (Å²) in [5.41, 5.74) is -0.0382. The number of hydrogen-bond acceptors (Lipinski definition) is 7. The van der Waals surface area contributed by atoms with Crippen molar-refractivity contribution in [2.45, 2.75) is 63.8 Å². The normalized spacial score (nSPS) is 27.7. The van der Waals surface area contributed by atoms with Crippen LogP contribution in [0.15, 0.2) is 48.5 Å². The second kappa shape index (κ2) is 11.7. The van der Waals surface area contributed by atoms with Crippen molar-refractivity contribution in [1.29, 1.82) is 0 Å². The maximum atomic E-state index is 14.3. The summed E-state index contributed by atoms with van der Waals surface area (Å²) in [5, 5.41) is 16.3. The van der Waals surface area contributed by atoms with Gasteiger partial charge in [0.1, 0.15) is 23.1 Å². The van der Waals surface area contributed by atoms with E-state index >= 15 is 0 Å². The van der Waals surface area contributed by atoms with E-state index in [1.807, 2.05) is 20.8 Å². The molecule has 41 heavy (non-hydrogen) atoms. The average Bonchev–Trinajstić information content (AvgIpc) is 3.62. The maximum absolute atomic E-state index is 14.3. The first kappa shape index (κ1) is 28.9. The quantitative estimate of drug-likeness (QED) is 0.381. The first-order chi connectivity index (χ1) is 19.8. The first-order valence-corrected chi connectivity index (χ1v) is 14.4. The van der Waals surface area contributed by atoms with Gasteiger partial charge in [0, 0.05) is 11.4 Å². The van der Waals surface area contributed by atoms with Crippen molar-refractivity contribution >= 4 is 29.1 Å². The van der Waals surface area contributed by atoms with Gasteiger partial charge in [-0.05, 0) is 74.2 Å². The number of benzene rings is 2. The van der Waals surface area contributed by atoms with Gasteiger partial charge in [0.15, 0.2) is 0 Å². The van der Waals surface area contributed by atoms with Crippen molar-refractivity contribution in [3.05, 3.63) is 48.5 Å². The minimum absolute atomic E-state index is 0.0798. The molecule has 2 bridgehead atoms. The van der Waals surface area contributed by atoms with Crippen LogP contribution in [0.25, 0.3) is 0 Å². The van der Waals surface area contributed by atoms with Crippen molar-refractivity contribution in [3.63, 3.8) is 0 Å². The van der Waals surface area contributed by atoms with Crippen LogP contribution >= 0.6 is 0 Å². The summed E-state index contributed by atoms with van der Waals surface area (Å²) in [6.45, 7) is 6.06. The fourth-order valence-corrected chi connectivity index (χ4v) is 6.77. The number of ether oxygens (including phenoxy) is 3. The van der Waals surface area contributed by atoms with Crippen LogP contribution < -0.4 is 20.1 Å². The Morgan fingerprint density at radius 2 is 1.66 bits per heavy atom. The van der Waals surface area contributed by atoms with Gasteiger partial charge in [0.05, 0.1) is 44.3 Å². The van der Waals surface area contributed by atoms with Crippen LogP contribution in [-0.2, 0) is 19.1 Å². The van der Waals surface area contributed by atoms with Crippen molar-refractivity contribution in [3.8, 4) is 11.5 Å². The highest BCUT2D eigenvalue weighted by molar-refractivity contribution is 6.05. The van der Waals surface area contributed by atoms with Gasteiger partial charge in [-0.25, -0.2) is 0 Å². The smallest absolute Gasteiger partial charge is 0.250 e. The highest BCUT2D eigenvalue weighted by Gasteiger charge is 2.75. The number of methoxy groups -OCH3 is 1. The molecule has 3 N–H and O–H groups in total. The molecule has 1 spiro atoms. The zero-order valence-electron chi connectivity index (χ0n) is 24.0. The number of aliphatic hydroxyl groups excluding tert-OH is 1. The van der Waals surface area contributed by atoms with E-state index in [0.29, 0.717) is 48.7 Å². The van der Waals surface area contributed by atoms with E-state index in [-0.39, 0.29) is 24.3 Å². The molecule has 7 atom stereocenters. The van der Waals surface area contributed by atoms with Crippen LogP contribution in [0.4, 0.5) is 11.4 Å². The molecule has 0 radical (unpaired) electrons. The van der Waals surface area contributed by atoms with Crippen LogP contribution in [0.5, 0.6) is 11.5 Å². The monoisotopic (exact) mass is 565 g/mol. The Kier molecular flexibility index (Phi) is 8.24. The summed E-state index contributed by atoms with van der Waals surface area (Å²) < 4.78 is 17.2. The molecular weight excluding hydrogens is 526 g/mol. The van der Waals surface area contributed by atoms with Gasteiger partial charge in [-0.2, -0.15) is 0 Å². The Bertz CT molecular complexity index is 1270. The average molecular weight is 566 g/mol. The number of anilines is 2. The van der Waals surface area contributed by atoms with Gasteiger partial charge in [0.25, 0.3) is 0 Å². The van der Waals surface area contributed by atoms with E-state index in [9.17, 15) is 19.5 Å². The Balaban J connectivity index is 1.46. The van der Waals surface area contributed by atoms with E-state index in [0.717, 1.165) is 0 Å². The molecule has 220 valence electrons. The van der Waals surface area contributed by atoms with Crippen molar-refractivity contribution in [2.75, 3.05) is 31.0 Å². The molecule has 2 aromatic rings. The molecule has 0 aromatic heterocycles. The van der Waals surface area contributed by atoms with E-state index in [4.69, 9.17) is 14.2 Å². The molecule has 0 saturated carbocycles. The minimum atomic E-state index is -1.17. The topological polar surface area (TPSA) is 126 Å². The van der Waals surface area contributed by atoms with E-state index in [1.165, 1.54) is 4.90 Å². The lowest BCUT2D eigenvalue weighted by Crippen LogP contribution is -2.57. The molecule has 3 heterocycles. The zero-order valence-corrected chi connectivity index (χ0v) is 24.0. The molecule has 3 fully saturated rings. The molecule has 3 amide bonds. The molecule has 10 nitrogen and oxygen atoms in total. The van der Waals surface area contributed by atoms with Crippen molar-refractivity contribution in [2.24, 2.45) is 17.8 Å². The third-order valence-corrected chi connectivity index (χ3v) is 8.92. The molecule has 5 rings (SSSR count). The predicted molar refractivity (Wildman–Crippen MR) is 153 cm³/mol. The van der Waals surface area contributed by atoms with Gasteiger partial charge in [-0.3, -0.25) is 14.4 Å². The summed E-state index contributed by atoms with van der Waals surface area (Å²) in [6, 6.07) is 12.4. The molecule has 3 saturated heterocycles. The van der Waals surface area contributed by atoms with Crippen molar-refractivity contribution < 1.29 is 33.7 Å². The van der Waals surface area contributed by atoms with Crippen LogP contribution in [0.2, 0.25) is 0 Å². The van der Waals surface area contributed by atoms with Gasteiger partial charge in [-0.15, -0.1) is 0 Å². The summed E-state index contributed by atoms with van der Waals surface area (Å²) in [5.74, 6) is -1.39. The Hall–Kier alpha value is -3.63. The molecule has 10 heteroatoms. The number of aliphatic hydroxyl groups is 1.